The molecule has 1 aliphatic rings. The fraction of sp³-hybridized carbons (Fsp3) is 0.462. The lowest BCUT2D eigenvalue weighted by Crippen LogP contribution is -2.49. The number of rotatable bonds is 2. The molecule has 0 spiro atoms. The number of amides is 1. The summed E-state index contributed by atoms with van der Waals surface area (Å²) in [5, 5.41) is 6.98. The van der Waals surface area contributed by atoms with E-state index in [9.17, 15) is 13.6 Å². The van der Waals surface area contributed by atoms with Crippen LogP contribution in [-0.4, -0.2) is 50.7 Å². The third-order valence-corrected chi connectivity index (χ3v) is 4.61. The van der Waals surface area contributed by atoms with Gasteiger partial charge in [-0.15, -0.1) is 5.10 Å². The van der Waals surface area contributed by atoms with Gasteiger partial charge in [0.05, 0.1) is 23.3 Å². The molecule has 1 amide bonds. The molecule has 0 bridgehead atoms. The van der Waals surface area contributed by atoms with Crippen LogP contribution in [0.2, 0.25) is 0 Å². The molecule has 3 rings (SSSR count). The molecule has 2 atom stereocenters. The summed E-state index contributed by atoms with van der Waals surface area (Å²) in [7, 11) is 0. The van der Waals surface area contributed by atoms with Gasteiger partial charge in [-0.2, -0.15) is 4.98 Å². The number of anilines is 2. The van der Waals surface area contributed by atoms with Gasteiger partial charge in [-0.25, -0.2) is 13.3 Å². The number of halogens is 3. The number of nitrogen functional groups attached to an aromatic ring is 1. The first kappa shape index (κ1) is 15.9. The zero-order chi connectivity index (χ0) is 16.7. The summed E-state index contributed by atoms with van der Waals surface area (Å²) in [6.45, 7) is 1.89. The lowest BCUT2D eigenvalue weighted by molar-refractivity contribution is -0.131. The SMILES string of the molecule is CC(=O)N1CC[C@H](Nc2nc(N)c3c(Br)c(F)cn3n2)[C@H](F)C1. The van der Waals surface area contributed by atoms with Gasteiger partial charge in [0.25, 0.3) is 0 Å². The topological polar surface area (TPSA) is 88.5 Å². The summed E-state index contributed by atoms with van der Waals surface area (Å²) in [6, 6.07) is -0.536. The van der Waals surface area contributed by atoms with Crippen LogP contribution in [0.5, 0.6) is 0 Å². The predicted octanol–water partition coefficient (Wildman–Crippen LogP) is 1.58. The van der Waals surface area contributed by atoms with E-state index < -0.39 is 18.0 Å². The van der Waals surface area contributed by atoms with E-state index in [1.165, 1.54) is 16.3 Å². The van der Waals surface area contributed by atoms with Gasteiger partial charge in [0, 0.05) is 13.5 Å². The van der Waals surface area contributed by atoms with Crippen molar-refractivity contribution in [1.82, 2.24) is 19.5 Å². The van der Waals surface area contributed by atoms with Gasteiger partial charge >= 0.3 is 0 Å². The Hall–Kier alpha value is -1.97. The van der Waals surface area contributed by atoms with Crippen LogP contribution in [0.4, 0.5) is 20.5 Å². The minimum atomic E-state index is -1.25. The number of nitrogens with zero attached hydrogens (tertiary/aromatic N) is 4. The van der Waals surface area contributed by atoms with Gasteiger partial charge in [-0.3, -0.25) is 4.79 Å². The van der Waals surface area contributed by atoms with E-state index in [1.54, 1.807) is 0 Å². The fourth-order valence-corrected chi connectivity index (χ4v) is 3.11. The Morgan fingerprint density at radius 2 is 2.30 bits per heavy atom. The van der Waals surface area contributed by atoms with Crippen molar-refractivity contribution in [3.63, 3.8) is 0 Å². The lowest BCUT2D eigenvalue weighted by Gasteiger charge is -2.34. The molecule has 3 heterocycles. The highest BCUT2D eigenvalue weighted by molar-refractivity contribution is 9.10. The zero-order valence-corrected chi connectivity index (χ0v) is 13.8. The van der Waals surface area contributed by atoms with Crippen LogP contribution in [-0.2, 0) is 4.79 Å². The number of hydrogen-bond donors (Lipinski definition) is 2. The number of nitrogens with two attached hydrogens (primary N) is 1. The molecule has 1 aliphatic heterocycles. The average molecular weight is 389 g/mol. The fourth-order valence-electron chi connectivity index (χ4n) is 2.62. The smallest absolute Gasteiger partial charge is 0.243 e. The molecule has 10 heteroatoms. The first-order chi connectivity index (χ1) is 10.9. The van der Waals surface area contributed by atoms with Crippen molar-refractivity contribution < 1.29 is 13.6 Å². The highest BCUT2D eigenvalue weighted by Gasteiger charge is 2.31. The van der Waals surface area contributed by atoms with Crippen LogP contribution in [0.3, 0.4) is 0 Å². The highest BCUT2D eigenvalue weighted by Crippen LogP contribution is 2.27. The van der Waals surface area contributed by atoms with Gasteiger partial charge in [0.2, 0.25) is 11.9 Å². The lowest BCUT2D eigenvalue weighted by atomic mass is 10.0. The maximum Gasteiger partial charge on any atom is 0.243 e. The summed E-state index contributed by atoms with van der Waals surface area (Å²) < 4.78 is 29.2. The van der Waals surface area contributed by atoms with E-state index in [0.29, 0.717) is 18.5 Å². The molecule has 1 saturated heterocycles. The first-order valence-corrected chi connectivity index (χ1v) is 7.82. The quantitative estimate of drug-likeness (QED) is 0.815. The molecule has 23 heavy (non-hydrogen) atoms. The van der Waals surface area contributed by atoms with Gasteiger partial charge in [0.15, 0.2) is 11.6 Å². The van der Waals surface area contributed by atoms with Crippen LogP contribution < -0.4 is 11.1 Å². The van der Waals surface area contributed by atoms with Crippen LogP contribution in [0.15, 0.2) is 10.7 Å². The van der Waals surface area contributed by atoms with E-state index >= 15 is 0 Å². The Kier molecular flexibility index (Phi) is 4.09. The highest BCUT2D eigenvalue weighted by atomic mass is 79.9. The van der Waals surface area contributed by atoms with E-state index in [1.807, 2.05) is 0 Å². The van der Waals surface area contributed by atoms with Crippen molar-refractivity contribution >= 4 is 39.1 Å². The van der Waals surface area contributed by atoms with Crippen molar-refractivity contribution in [3.05, 3.63) is 16.5 Å². The third-order valence-electron chi connectivity index (χ3n) is 3.85. The van der Waals surface area contributed by atoms with Crippen molar-refractivity contribution in [2.75, 3.05) is 24.1 Å². The Bertz CT molecular complexity index is 766. The molecule has 0 aliphatic carbocycles. The monoisotopic (exact) mass is 388 g/mol. The van der Waals surface area contributed by atoms with Crippen molar-refractivity contribution in [2.24, 2.45) is 0 Å². The second-order valence-electron chi connectivity index (χ2n) is 5.43. The first-order valence-electron chi connectivity index (χ1n) is 7.02. The number of carbonyl (C=O) groups is 1. The predicted molar refractivity (Wildman–Crippen MR) is 84.2 cm³/mol. The van der Waals surface area contributed by atoms with Crippen molar-refractivity contribution in [3.8, 4) is 0 Å². The summed E-state index contributed by atoms with van der Waals surface area (Å²) in [6.07, 6.45) is 0.334. The van der Waals surface area contributed by atoms with Crippen LogP contribution in [0, 0.1) is 5.82 Å². The minimum Gasteiger partial charge on any atom is -0.382 e. The standard InChI is InChI=1S/C13H15BrF2N6O/c1-6(23)21-3-2-9(7(15)4-21)18-13-19-12(17)11-10(14)8(16)5-22(11)20-13/h5,7,9H,2-4H2,1H3,(H3,17,18,19,20)/t7-,9+/m1/s1. The van der Waals surface area contributed by atoms with Gasteiger partial charge < -0.3 is 16.0 Å². The number of fused-ring (bicyclic) bond motifs is 1. The number of alkyl halides is 1. The molecule has 0 aromatic carbocycles. The summed E-state index contributed by atoms with van der Waals surface area (Å²) in [5.41, 5.74) is 6.13. The Balaban J connectivity index is 1.81. The molecule has 2 aromatic rings. The van der Waals surface area contributed by atoms with E-state index in [-0.39, 0.29) is 28.7 Å². The molecule has 124 valence electrons. The number of likely N-dealkylation sites (tertiary alicyclic amines) is 1. The molecule has 0 saturated carbocycles. The second kappa shape index (κ2) is 5.91. The minimum absolute atomic E-state index is 0.0222. The Labute approximate surface area is 139 Å². The van der Waals surface area contributed by atoms with Crippen molar-refractivity contribution in [1.29, 1.82) is 0 Å². The molecule has 2 aromatic heterocycles. The molecule has 7 nitrogen and oxygen atoms in total. The second-order valence-corrected chi connectivity index (χ2v) is 6.22. The Morgan fingerprint density at radius 3 is 2.96 bits per heavy atom. The zero-order valence-electron chi connectivity index (χ0n) is 12.3. The molecule has 1 fully saturated rings. The van der Waals surface area contributed by atoms with Crippen LogP contribution in [0.1, 0.15) is 13.3 Å². The summed E-state index contributed by atoms with van der Waals surface area (Å²) >= 11 is 3.08. The molecule has 3 N–H and O–H groups in total. The molecule has 0 radical (unpaired) electrons. The molecular formula is C13H15BrF2N6O. The van der Waals surface area contributed by atoms with E-state index in [4.69, 9.17) is 5.73 Å². The number of nitrogens with one attached hydrogen (secondary N) is 1. The summed E-state index contributed by atoms with van der Waals surface area (Å²) in [4.78, 5) is 16.8. The van der Waals surface area contributed by atoms with Crippen LogP contribution >= 0.6 is 15.9 Å². The van der Waals surface area contributed by atoms with Crippen LogP contribution in [0.25, 0.3) is 5.52 Å². The van der Waals surface area contributed by atoms with Gasteiger partial charge in [-0.05, 0) is 22.4 Å². The number of piperidine rings is 1. The van der Waals surface area contributed by atoms with E-state index in [2.05, 4.69) is 31.3 Å². The number of hydrogen-bond acceptors (Lipinski definition) is 5. The molecule has 0 unspecified atom stereocenters. The van der Waals surface area contributed by atoms with Gasteiger partial charge in [0.1, 0.15) is 11.7 Å². The van der Waals surface area contributed by atoms with E-state index in [0.717, 1.165) is 6.20 Å². The summed E-state index contributed by atoms with van der Waals surface area (Å²) in [5.74, 6) is -0.474. The number of aromatic nitrogens is 3. The number of carbonyl (C=O) groups excluding carboxylic acids is 1. The maximum atomic E-state index is 14.2. The Morgan fingerprint density at radius 1 is 1.57 bits per heavy atom. The van der Waals surface area contributed by atoms with Crippen molar-refractivity contribution in [2.45, 2.75) is 25.6 Å². The third kappa shape index (κ3) is 2.94. The average Bonchev–Trinajstić information content (AvgIpc) is 2.76. The normalized spacial score (nSPS) is 21.7. The largest absolute Gasteiger partial charge is 0.382 e. The maximum absolute atomic E-state index is 14.2. The van der Waals surface area contributed by atoms with Gasteiger partial charge in [-0.1, -0.05) is 0 Å². The molecular weight excluding hydrogens is 374 g/mol.